The fraction of sp³-hybridized carbons (Fsp3) is 0.227. The first-order valence-corrected chi connectivity index (χ1v) is 9.85. The highest BCUT2D eigenvalue weighted by Gasteiger charge is 2.18. The molecule has 0 aliphatic rings. The molecule has 1 atom stereocenters. The fourth-order valence-corrected chi connectivity index (χ4v) is 3.79. The van der Waals surface area contributed by atoms with Crippen LogP contribution in [0.25, 0.3) is 10.8 Å². The molecule has 0 fully saturated rings. The lowest BCUT2D eigenvalue weighted by Crippen LogP contribution is -3.07. The maximum absolute atomic E-state index is 12.3. The van der Waals surface area contributed by atoms with E-state index in [0.717, 1.165) is 4.90 Å². The van der Waals surface area contributed by atoms with Crippen molar-refractivity contribution in [3.8, 4) is 0 Å². The van der Waals surface area contributed by atoms with Gasteiger partial charge in [0.25, 0.3) is 0 Å². The second-order valence-electron chi connectivity index (χ2n) is 6.64. The molecule has 4 heteroatoms. The summed E-state index contributed by atoms with van der Waals surface area (Å²) in [5.74, 6) is 0.508. The highest BCUT2D eigenvalue weighted by Crippen LogP contribution is 2.23. The molecule has 3 nitrogen and oxygen atoms in total. The topological polar surface area (TPSA) is 33.5 Å². The Hall–Kier alpha value is -2.30. The van der Waals surface area contributed by atoms with E-state index in [9.17, 15) is 4.79 Å². The van der Waals surface area contributed by atoms with E-state index in [2.05, 4.69) is 61.9 Å². The van der Waals surface area contributed by atoms with Gasteiger partial charge in [-0.15, -0.1) is 11.8 Å². The molecule has 0 unspecified atom stereocenters. The van der Waals surface area contributed by atoms with Gasteiger partial charge in [0.1, 0.15) is 6.04 Å². The molecule has 0 aromatic heterocycles. The summed E-state index contributed by atoms with van der Waals surface area (Å²) in [5, 5.41) is 5.52. The molecule has 0 saturated carbocycles. The van der Waals surface area contributed by atoms with E-state index in [-0.39, 0.29) is 11.9 Å². The van der Waals surface area contributed by atoms with Crippen molar-refractivity contribution in [3.05, 3.63) is 78.4 Å². The number of quaternary nitrogens is 1. The van der Waals surface area contributed by atoms with Crippen LogP contribution in [0.4, 0.5) is 0 Å². The summed E-state index contributed by atoms with van der Waals surface area (Å²) in [7, 11) is 4.24. The van der Waals surface area contributed by atoms with E-state index < -0.39 is 0 Å². The van der Waals surface area contributed by atoms with Gasteiger partial charge in [-0.1, -0.05) is 60.7 Å². The zero-order valence-corrected chi connectivity index (χ0v) is 16.1. The van der Waals surface area contributed by atoms with Crippen molar-refractivity contribution in [2.24, 2.45) is 0 Å². The number of fused-ring (bicyclic) bond motifs is 1. The lowest BCUT2D eigenvalue weighted by molar-refractivity contribution is -0.890. The van der Waals surface area contributed by atoms with Gasteiger partial charge in [0.15, 0.2) is 0 Å². The predicted octanol–water partition coefficient (Wildman–Crippen LogP) is 2.93. The fourth-order valence-electron chi connectivity index (χ4n) is 3.01. The zero-order chi connectivity index (χ0) is 18.4. The molecule has 0 radical (unpaired) electrons. The van der Waals surface area contributed by atoms with Crippen LogP contribution in [0.2, 0.25) is 0 Å². The number of likely N-dealkylation sites (N-methyl/N-ethyl adjacent to an activating group) is 1. The van der Waals surface area contributed by atoms with E-state index in [1.807, 2.05) is 30.3 Å². The number of rotatable bonds is 7. The number of hydrogen-bond acceptors (Lipinski definition) is 2. The van der Waals surface area contributed by atoms with Crippen molar-refractivity contribution in [3.63, 3.8) is 0 Å². The monoisotopic (exact) mass is 365 g/mol. The molecular weight excluding hydrogens is 340 g/mol. The number of carbonyl (C=O) groups excluding carboxylic acids is 1. The Kier molecular flexibility index (Phi) is 6.31. The predicted molar refractivity (Wildman–Crippen MR) is 110 cm³/mol. The van der Waals surface area contributed by atoms with Crippen LogP contribution in [-0.4, -0.2) is 32.3 Å². The van der Waals surface area contributed by atoms with Crippen LogP contribution in [0.1, 0.15) is 11.6 Å². The molecule has 0 aliphatic heterocycles. The molecule has 26 heavy (non-hydrogen) atoms. The Labute approximate surface area is 159 Å². The van der Waals surface area contributed by atoms with Crippen LogP contribution in [0.15, 0.2) is 77.7 Å². The van der Waals surface area contributed by atoms with Crippen molar-refractivity contribution in [2.75, 3.05) is 26.4 Å². The first kappa shape index (κ1) is 18.5. The summed E-state index contributed by atoms with van der Waals surface area (Å²) in [6.45, 7) is 0.642. The van der Waals surface area contributed by atoms with Gasteiger partial charge in [0.05, 0.1) is 26.4 Å². The third-order valence-corrected chi connectivity index (χ3v) is 5.49. The largest absolute Gasteiger partial charge is 0.349 e. The lowest BCUT2D eigenvalue weighted by atomic mass is 10.1. The molecule has 1 amide bonds. The van der Waals surface area contributed by atoms with Gasteiger partial charge < -0.3 is 10.2 Å². The van der Waals surface area contributed by atoms with Crippen molar-refractivity contribution < 1.29 is 9.69 Å². The summed E-state index contributed by atoms with van der Waals surface area (Å²) in [5.41, 5.74) is 1.25. The lowest BCUT2D eigenvalue weighted by Gasteiger charge is -2.22. The summed E-state index contributed by atoms with van der Waals surface area (Å²) in [6.07, 6.45) is 0. The van der Waals surface area contributed by atoms with Crippen LogP contribution in [0, 0.1) is 0 Å². The highest BCUT2D eigenvalue weighted by molar-refractivity contribution is 8.00. The number of carbonyl (C=O) groups is 1. The van der Waals surface area contributed by atoms with E-state index in [4.69, 9.17) is 0 Å². The zero-order valence-electron chi connectivity index (χ0n) is 15.2. The SMILES string of the molecule is C[NH+](C)[C@H](CNC(=O)CSc1ccc2ccccc2c1)c1ccccc1. The van der Waals surface area contributed by atoms with Crippen molar-refractivity contribution >= 4 is 28.4 Å². The first-order valence-electron chi connectivity index (χ1n) is 8.87. The Balaban J connectivity index is 1.54. The van der Waals surface area contributed by atoms with Gasteiger partial charge in [-0.25, -0.2) is 0 Å². The second kappa shape index (κ2) is 8.88. The Bertz CT molecular complexity index is 864. The molecule has 0 bridgehead atoms. The summed E-state index contributed by atoms with van der Waals surface area (Å²) < 4.78 is 0. The molecule has 134 valence electrons. The molecule has 3 aromatic rings. The van der Waals surface area contributed by atoms with Gasteiger partial charge in [-0.2, -0.15) is 0 Å². The molecule has 0 heterocycles. The molecule has 0 aliphatic carbocycles. The minimum atomic E-state index is 0.0744. The maximum atomic E-state index is 12.3. The number of benzene rings is 3. The van der Waals surface area contributed by atoms with Crippen molar-refractivity contribution in [2.45, 2.75) is 10.9 Å². The van der Waals surface area contributed by atoms with E-state index >= 15 is 0 Å². The third-order valence-electron chi connectivity index (χ3n) is 4.49. The Morgan fingerprint density at radius 1 is 0.962 bits per heavy atom. The average Bonchev–Trinajstić information content (AvgIpc) is 2.67. The molecule has 0 saturated heterocycles. The molecule has 2 N–H and O–H groups in total. The minimum Gasteiger partial charge on any atom is -0.349 e. The standard InChI is InChI=1S/C22H24N2OS/c1-24(2)21(18-9-4-3-5-10-18)15-23-22(25)16-26-20-13-12-17-8-6-7-11-19(17)14-20/h3-14,21H,15-16H2,1-2H3,(H,23,25)/p+1/t21-/m1/s1. The summed E-state index contributed by atoms with van der Waals surface area (Å²) in [4.78, 5) is 14.7. The van der Waals surface area contributed by atoms with Gasteiger partial charge in [-0.05, 0) is 22.9 Å². The minimum absolute atomic E-state index is 0.0744. The van der Waals surface area contributed by atoms with Gasteiger partial charge in [0, 0.05) is 10.5 Å². The van der Waals surface area contributed by atoms with Gasteiger partial charge >= 0.3 is 0 Å². The Morgan fingerprint density at radius 3 is 2.38 bits per heavy atom. The van der Waals surface area contributed by atoms with Crippen molar-refractivity contribution in [1.82, 2.24) is 5.32 Å². The number of thioether (sulfide) groups is 1. The number of amides is 1. The number of hydrogen-bond donors (Lipinski definition) is 2. The van der Waals surface area contributed by atoms with Crippen molar-refractivity contribution in [1.29, 1.82) is 0 Å². The molecule has 0 spiro atoms. The summed E-state index contributed by atoms with van der Waals surface area (Å²) in [6, 6.07) is 25.2. The quantitative estimate of drug-likeness (QED) is 0.631. The molecule has 3 rings (SSSR count). The van der Waals surface area contributed by atoms with Crippen LogP contribution in [-0.2, 0) is 4.79 Å². The van der Waals surface area contributed by atoms with Crippen LogP contribution in [0.5, 0.6) is 0 Å². The van der Waals surface area contributed by atoms with Crippen LogP contribution in [0.3, 0.4) is 0 Å². The first-order chi connectivity index (χ1) is 12.6. The highest BCUT2D eigenvalue weighted by atomic mass is 32.2. The van der Waals surface area contributed by atoms with E-state index in [0.29, 0.717) is 12.3 Å². The second-order valence-corrected chi connectivity index (χ2v) is 7.69. The molecular formula is C22H25N2OS+. The average molecular weight is 366 g/mol. The van der Waals surface area contributed by atoms with Crippen LogP contribution >= 0.6 is 11.8 Å². The third kappa shape index (κ3) is 4.87. The van der Waals surface area contributed by atoms with Gasteiger partial charge in [0.2, 0.25) is 5.91 Å². The van der Waals surface area contributed by atoms with E-state index in [1.165, 1.54) is 21.2 Å². The van der Waals surface area contributed by atoms with Gasteiger partial charge in [-0.3, -0.25) is 4.79 Å². The number of nitrogens with one attached hydrogen (secondary N) is 2. The summed E-state index contributed by atoms with van der Waals surface area (Å²) >= 11 is 1.58. The normalized spacial score (nSPS) is 12.3. The van der Waals surface area contributed by atoms with E-state index in [1.54, 1.807) is 11.8 Å². The van der Waals surface area contributed by atoms with Crippen LogP contribution < -0.4 is 10.2 Å². The maximum Gasteiger partial charge on any atom is 0.230 e. The smallest absolute Gasteiger partial charge is 0.230 e. The Morgan fingerprint density at radius 2 is 1.65 bits per heavy atom. The molecule has 3 aromatic carbocycles.